The summed E-state index contributed by atoms with van der Waals surface area (Å²) in [6, 6.07) is 2.93. The quantitative estimate of drug-likeness (QED) is 0.828. The maximum Gasteiger partial charge on any atom is 0.313 e. The van der Waals surface area contributed by atoms with Gasteiger partial charge in [-0.15, -0.1) is 0 Å². The molecule has 2 aromatic heterocycles. The van der Waals surface area contributed by atoms with Gasteiger partial charge in [-0.1, -0.05) is 0 Å². The zero-order valence-electron chi connectivity index (χ0n) is 9.22. The van der Waals surface area contributed by atoms with E-state index in [4.69, 9.17) is 10.8 Å². The Hall–Kier alpha value is -1.95. The molecule has 5 nitrogen and oxygen atoms in total. The summed E-state index contributed by atoms with van der Waals surface area (Å²) in [4.78, 5) is 15.0. The molecular weight excluding hydrogens is 225 g/mol. The molecule has 0 aliphatic heterocycles. The zero-order valence-corrected chi connectivity index (χ0v) is 9.22. The summed E-state index contributed by atoms with van der Waals surface area (Å²) in [5.41, 5.74) is 6.50. The number of hydrogen-bond acceptors (Lipinski definition) is 3. The van der Waals surface area contributed by atoms with Crippen LogP contribution in [0.2, 0.25) is 0 Å². The van der Waals surface area contributed by atoms with Crippen LogP contribution in [-0.4, -0.2) is 27.2 Å². The van der Waals surface area contributed by atoms with E-state index >= 15 is 0 Å². The van der Waals surface area contributed by atoms with Crippen molar-refractivity contribution in [2.75, 3.05) is 6.54 Å². The van der Waals surface area contributed by atoms with Crippen LogP contribution >= 0.6 is 0 Å². The van der Waals surface area contributed by atoms with Gasteiger partial charge in [0.05, 0.1) is 6.20 Å². The molecule has 0 aliphatic carbocycles. The number of aliphatic carboxylic acids is 1. The van der Waals surface area contributed by atoms with Crippen molar-refractivity contribution in [3.63, 3.8) is 0 Å². The first kappa shape index (κ1) is 11.5. The van der Waals surface area contributed by atoms with Crippen LogP contribution < -0.4 is 5.73 Å². The van der Waals surface area contributed by atoms with Gasteiger partial charge in [0.15, 0.2) is 0 Å². The highest BCUT2D eigenvalue weighted by atomic mass is 19.1. The fraction of sp³-hybridized carbons (Fsp3) is 0.273. The Morgan fingerprint density at radius 2 is 2.35 bits per heavy atom. The highest BCUT2D eigenvalue weighted by Crippen LogP contribution is 2.23. The van der Waals surface area contributed by atoms with Gasteiger partial charge in [-0.25, -0.2) is 9.37 Å². The molecule has 0 saturated heterocycles. The molecule has 90 valence electrons. The second-order valence-electron chi connectivity index (χ2n) is 3.82. The Morgan fingerprint density at radius 3 is 2.94 bits per heavy atom. The third-order valence-corrected chi connectivity index (χ3v) is 2.76. The minimum Gasteiger partial charge on any atom is -0.481 e. The molecule has 0 spiro atoms. The van der Waals surface area contributed by atoms with Crippen molar-refractivity contribution in [2.24, 2.45) is 12.8 Å². The van der Waals surface area contributed by atoms with Crippen molar-refractivity contribution in [1.29, 1.82) is 0 Å². The molecule has 1 atom stereocenters. The third-order valence-electron chi connectivity index (χ3n) is 2.76. The number of hydrogen-bond donors (Lipinski definition) is 2. The van der Waals surface area contributed by atoms with Crippen LogP contribution in [0.3, 0.4) is 0 Å². The van der Waals surface area contributed by atoms with E-state index < -0.39 is 17.7 Å². The van der Waals surface area contributed by atoms with E-state index in [1.807, 2.05) is 0 Å². The number of rotatable bonds is 3. The summed E-state index contributed by atoms with van der Waals surface area (Å²) < 4.78 is 14.6. The number of pyridine rings is 1. The largest absolute Gasteiger partial charge is 0.481 e. The topological polar surface area (TPSA) is 81.1 Å². The molecule has 0 radical (unpaired) electrons. The van der Waals surface area contributed by atoms with Gasteiger partial charge in [0.1, 0.15) is 17.4 Å². The molecule has 2 aromatic rings. The average molecular weight is 237 g/mol. The fourth-order valence-corrected chi connectivity index (χ4v) is 1.90. The predicted octanol–water partition coefficient (Wildman–Crippen LogP) is 0.839. The summed E-state index contributed by atoms with van der Waals surface area (Å²) in [5.74, 6) is -2.26. The van der Waals surface area contributed by atoms with Gasteiger partial charge >= 0.3 is 5.97 Å². The molecule has 0 aromatic carbocycles. The normalized spacial score (nSPS) is 12.9. The SMILES string of the molecule is Cn1c(C(CN)C(=O)O)cc2cc(F)cnc21. The van der Waals surface area contributed by atoms with E-state index in [9.17, 15) is 9.18 Å². The number of nitrogens with zero attached hydrogens (tertiary/aromatic N) is 2. The molecule has 2 rings (SSSR count). The summed E-state index contributed by atoms with van der Waals surface area (Å²) >= 11 is 0. The summed E-state index contributed by atoms with van der Waals surface area (Å²) in [7, 11) is 1.69. The Morgan fingerprint density at radius 1 is 1.65 bits per heavy atom. The van der Waals surface area contributed by atoms with E-state index in [0.717, 1.165) is 6.20 Å². The van der Waals surface area contributed by atoms with Gasteiger partial charge in [0, 0.05) is 24.7 Å². The van der Waals surface area contributed by atoms with Crippen LogP contribution in [0.1, 0.15) is 11.6 Å². The van der Waals surface area contributed by atoms with Gasteiger partial charge in [-0.2, -0.15) is 0 Å². The monoisotopic (exact) mass is 237 g/mol. The zero-order chi connectivity index (χ0) is 12.6. The van der Waals surface area contributed by atoms with Crippen molar-refractivity contribution in [1.82, 2.24) is 9.55 Å². The molecule has 1 unspecified atom stereocenters. The first-order chi connectivity index (χ1) is 8.04. The Bertz CT molecular complexity index is 579. The number of halogens is 1. The maximum absolute atomic E-state index is 13.0. The van der Waals surface area contributed by atoms with E-state index in [1.165, 1.54) is 6.07 Å². The molecule has 3 N–H and O–H groups in total. The number of carboxylic acid groups (broad SMARTS) is 1. The van der Waals surface area contributed by atoms with Gasteiger partial charge in [-0.3, -0.25) is 4.79 Å². The van der Waals surface area contributed by atoms with Crippen LogP contribution in [0.25, 0.3) is 11.0 Å². The van der Waals surface area contributed by atoms with Crippen LogP contribution in [0.5, 0.6) is 0 Å². The second-order valence-corrected chi connectivity index (χ2v) is 3.82. The first-order valence-corrected chi connectivity index (χ1v) is 5.08. The lowest BCUT2D eigenvalue weighted by Crippen LogP contribution is -2.23. The Kier molecular flexibility index (Phi) is 2.81. The van der Waals surface area contributed by atoms with Crippen molar-refractivity contribution in [3.8, 4) is 0 Å². The minimum atomic E-state index is -1.00. The summed E-state index contributed by atoms with van der Waals surface area (Å²) in [5, 5.41) is 9.61. The number of aryl methyl sites for hydroxylation is 1. The number of carbonyl (C=O) groups is 1. The predicted molar refractivity (Wildman–Crippen MR) is 60.1 cm³/mol. The summed E-state index contributed by atoms with van der Waals surface area (Å²) in [6.07, 6.45) is 1.10. The van der Waals surface area contributed by atoms with Crippen molar-refractivity contribution in [3.05, 3.63) is 29.8 Å². The molecule has 6 heteroatoms. The first-order valence-electron chi connectivity index (χ1n) is 5.08. The number of carboxylic acids is 1. The third kappa shape index (κ3) is 1.87. The number of nitrogens with two attached hydrogens (primary N) is 1. The lowest BCUT2D eigenvalue weighted by atomic mass is 10.1. The molecule has 0 bridgehead atoms. The van der Waals surface area contributed by atoms with Gasteiger partial charge < -0.3 is 15.4 Å². The lowest BCUT2D eigenvalue weighted by Gasteiger charge is -2.10. The standard InChI is InChI=1S/C11H12FN3O2/c1-15-9(8(4-13)11(16)17)3-6-2-7(12)5-14-10(6)15/h2-3,5,8H,4,13H2,1H3,(H,16,17). The van der Waals surface area contributed by atoms with Crippen LogP contribution in [0.4, 0.5) is 4.39 Å². The van der Waals surface area contributed by atoms with Gasteiger partial charge in [-0.05, 0) is 12.1 Å². The van der Waals surface area contributed by atoms with Crippen LogP contribution in [0, 0.1) is 5.82 Å². The van der Waals surface area contributed by atoms with E-state index in [1.54, 1.807) is 17.7 Å². The lowest BCUT2D eigenvalue weighted by molar-refractivity contribution is -0.138. The molecular formula is C11H12FN3O2. The molecule has 0 aliphatic rings. The van der Waals surface area contributed by atoms with Crippen LogP contribution in [0.15, 0.2) is 18.3 Å². The highest BCUT2D eigenvalue weighted by Gasteiger charge is 2.22. The smallest absolute Gasteiger partial charge is 0.313 e. The molecule has 17 heavy (non-hydrogen) atoms. The Balaban J connectivity index is 2.62. The summed E-state index contributed by atoms with van der Waals surface area (Å²) in [6.45, 7) is -0.0119. The van der Waals surface area contributed by atoms with E-state index in [-0.39, 0.29) is 6.54 Å². The molecule has 0 amide bonds. The van der Waals surface area contributed by atoms with Crippen molar-refractivity contribution >= 4 is 17.0 Å². The average Bonchev–Trinajstić information content (AvgIpc) is 2.56. The number of fused-ring (bicyclic) bond motifs is 1. The Labute approximate surface area is 96.7 Å². The van der Waals surface area contributed by atoms with Crippen LogP contribution in [-0.2, 0) is 11.8 Å². The second kappa shape index (κ2) is 4.14. The number of aromatic nitrogens is 2. The maximum atomic E-state index is 13.0. The van der Waals surface area contributed by atoms with Gasteiger partial charge in [0.2, 0.25) is 0 Å². The van der Waals surface area contributed by atoms with E-state index in [2.05, 4.69) is 4.98 Å². The fourth-order valence-electron chi connectivity index (χ4n) is 1.90. The molecule has 0 fully saturated rings. The van der Waals surface area contributed by atoms with Gasteiger partial charge in [0.25, 0.3) is 0 Å². The molecule has 0 saturated carbocycles. The van der Waals surface area contributed by atoms with E-state index in [0.29, 0.717) is 16.7 Å². The van der Waals surface area contributed by atoms with Crippen molar-refractivity contribution in [2.45, 2.75) is 5.92 Å². The highest BCUT2D eigenvalue weighted by molar-refractivity contribution is 5.82. The minimum absolute atomic E-state index is 0.0119. The molecule has 2 heterocycles. The van der Waals surface area contributed by atoms with Crippen molar-refractivity contribution < 1.29 is 14.3 Å².